The molecule has 0 bridgehead atoms. The van der Waals surface area contributed by atoms with Crippen molar-refractivity contribution in [2.75, 3.05) is 73.3 Å². The zero-order chi connectivity index (χ0) is 39.5. The van der Waals surface area contributed by atoms with E-state index in [1.165, 1.54) is 0 Å². The van der Waals surface area contributed by atoms with Gasteiger partial charge in [-0.25, -0.2) is 0 Å². The van der Waals surface area contributed by atoms with Crippen molar-refractivity contribution in [3.05, 3.63) is 0 Å². The average molecular weight is 799 g/mol. The van der Waals surface area contributed by atoms with Crippen molar-refractivity contribution in [1.29, 1.82) is 0 Å². The third kappa shape index (κ3) is 13.2. The molecule has 22 heteroatoms. The van der Waals surface area contributed by atoms with E-state index in [0.29, 0.717) is 0 Å². The fraction of sp³-hybridized carbons (Fsp3) is 1.00. The minimum Gasteiger partial charge on any atom is -0.394 e. The lowest BCUT2D eigenvalue weighted by molar-refractivity contribution is -0.310. The van der Waals surface area contributed by atoms with E-state index in [1.807, 2.05) is 0 Å². The Balaban J connectivity index is 1.71. The smallest absolute Gasteiger partial charge is 0.325 e. The zero-order valence-electron chi connectivity index (χ0n) is 30.3. The Kier molecular flexibility index (Phi) is 19.3. The standard InChI is InChI=1S/C31H59O21P/c1-16-22(35)25(38)19(7-32)50-28(16)46-13-43-10-31(5-6-49-53(4,41)42,11-44-14-47-29-17(2)23(36)26(39)20(8-33)51-29)12-45-15-48-30-18(3)24(37)27(40)21(9-34)52-30/h16-30,32-40H,5-15H2,1-4H3,(H,41,42). The van der Waals surface area contributed by atoms with E-state index in [1.54, 1.807) is 20.8 Å². The largest absolute Gasteiger partial charge is 0.394 e. The number of aliphatic hydroxyl groups is 9. The molecule has 3 aliphatic heterocycles. The maximum atomic E-state index is 12.0. The van der Waals surface area contributed by atoms with Crippen LogP contribution in [-0.4, -0.2) is 198 Å². The molecular formula is C31H59O21P. The summed E-state index contributed by atoms with van der Waals surface area (Å²) in [7, 11) is -3.92. The maximum absolute atomic E-state index is 12.0. The van der Waals surface area contributed by atoms with Crippen LogP contribution in [0.1, 0.15) is 27.2 Å². The molecule has 3 aliphatic rings. The fourth-order valence-electron chi connectivity index (χ4n) is 6.13. The molecule has 3 saturated heterocycles. The Morgan fingerprint density at radius 3 is 1.13 bits per heavy atom. The van der Waals surface area contributed by atoms with Gasteiger partial charge < -0.3 is 98.0 Å². The summed E-state index contributed by atoms with van der Waals surface area (Å²) in [5.41, 5.74) is -1.20. The summed E-state index contributed by atoms with van der Waals surface area (Å²) in [5.74, 6) is -2.12. The van der Waals surface area contributed by atoms with Gasteiger partial charge in [0.15, 0.2) is 18.9 Å². The Hall–Kier alpha value is -0.570. The second kappa shape index (κ2) is 21.8. The van der Waals surface area contributed by atoms with Crippen LogP contribution >= 0.6 is 7.60 Å². The van der Waals surface area contributed by atoms with Crippen molar-refractivity contribution in [2.45, 2.75) is 101 Å². The van der Waals surface area contributed by atoms with Crippen LogP contribution in [0.5, 0.6) is 0 Å². The first-order valence-corrected chi connectivity index (χ1v) is 19.4. The lowest BCUT2D eigenvalue weighted by atomic mass is 9.87. The maximum Gasteiger partial charge on any atom is 0.325 e. The Morgan fingerprint density at radius 2 is 0.868 bits per heavy atom. The lowest BCUT2D eigenvalue weighted by Crippen LogP contribution is -2.55. The van der Waals surface area contributed by atoms with Gasteiger partial charge in [0.2, 0.25) is 0 Å². The molecule has 10 N–H and O–H groups in total. The summed E-state index contributed by atoms with van der Waals surface area (Å²) in [6.07, 6.45) is -14.3. The van der Waals surface area contributed by atoms with Gasteiger partial charge >= 0.3 is 7.60 Å². The normalized spacial score (nSPS) is 40.5. The van der Waals surface area contributed by atoms with Crippen LogP contribution in [0.25, 0.3) is 0 Å². The highest BCUT2D eigenvalue weighted by Gasteiger charge is 2.45. The molecule has 53 heavy (non-hydrogen) atoms. The lowest BCUT2D eigenvalue weighted by Gasteiger charge is -2.41. The molecule has 21 nitrogen and oxygen atoms in total. The summed E-state index contributed by atoms with van der Waals surface area (Å²) >= 11 is 0. The van der Waals surface area contributed by atoms with Crippen molar-refractivity contribution < 1.29 is 103 Å². The molecule has 3 heterocycles. The number of hydrogen-bond donors (Lipinski definition) is 10. The first kappa shape index (κ1) is 46.8. The van der Waals surface area contributed by atoms with Crippen LogP contribution < -0.4 is 0 Å². The van der Waals surface area contributed by atoms with Crippen LogP contribution in [0, 0.1) is 23.2 Å². The van der Waals surface area contributed by atoms with Crippen LogP contribution in [0.4, 0.5) is 0 Å². The first-order chi connectivity index (χ1) is 25.0. The molecule has 3 fully saturated rings. The predicted octanol–water partition coefficient (Wildman–Crippen LogP) is -3.61. The van der Waals surface area contributed by atoms with Crippen molar-refractivity contribution in [3.8, 4) is 0 Å². The zero-order valence-corrected chi connectivity index (χ0v) is 31.2. The van der Waals surface area contributed by atoms with E-state index in [4.69, 9.17) is 47.2 Å². The number of rotatable bonds is 22. The van der Waals surface area contributed by atoms with Crippen molar-refractivity contribution in [2.24, 2.45) is 23.2 Å². The summed E-state index contributed by atoms with van der Waals surface area (Å²) in [6.45, 7) is 1.82. The first-order valence-electron chi connectivity index (χ1n) is 17.4. The third-order valence-corrected chi connectivity index (χ3v) is 10.4. The molecule has 0 aliphatic carbocycles. The van der Waals surface area contributed by atoms with E-state index in [0.717, 1.165) is 6.66 Å². The summed E-state index contributed by atoms with van der Waals surface area (Å²) < 4.78 is 68.4. The Bertz CT molecular complexity index is 973. The summed E-state index contributed by atoms with van der Waals surface area (Å²) in [5, 5.41) is 90.1. The summed E-state index contributed by atoms with van der Waals surface area (Å²) in [4.78, 5) is 9.78. The molecule has 0 saturated carbocycles. The molecule has 16 unspecified atom stereocenters. The monoisotopic (exact) mass is 798 g/mol. The molecule has 0 spiro atoms. The average Bonchev–Trinajstić information content (AvgIpc) is 3.12. The highest BCUT2D eigenvalue weighted by Crippen LogP contribution is 2.38. The van der Waals surface area contributed by atoms with E-state index in [9.17, 15) is 55.4 Å². The summed E-state index contributed by atoms with van der Waals surface area (Å²) in [6, 6.07) is 0. The Morgan fingerprint density at radius 1 is 0.566 bits per heavy atom. The van der Waals surface area contributed by atoms with E-state index in [2.05, 4.69) is 0 Å². The van der Waals surface area contributed by atoms with Crippen molar-refractivity contribution >= 4 is 7.60 Å². The van der Waals surface area contributed by atoms with E-state index < -0.39 is 145 Å². The van der Waals surface area contributed by atoms with E-state index >= 15 is 0 Å². The van der Waals surface area contributed by atoms with Gasteiger partial charge in [-0.05, 0) is 6.42 Å². The molecule has 0 aromatic rings. The van der Waals surface area contributed by atoms with Crippen molar-refractivity contribution in [3.63, 3.8) is 0 Å². The minimum absolute atomic E-state index is 0.0130. The van der Waals surface area contributed by atoms with Crippen LogP contribution in [0.15, 0.2) is 0 Å². The molecule has 314 valence electrons. The van der Waals surface area contributed by atoms with Gasteiger partial charge in [0.25, 0.3) is 0 Å². The van der Waals surface area contributed by atoms with Gasteiger partial charge in [-0.2, -0.15) is 0 Å². The van der Waals surface area contributed by atoms with Gasteiger partial charge in [-0.1, -0.05) is 20.8 Å². The van der Waals surface area contributed by atoms with Crippen LogP contribution in [0.3, 0.4) is 0 Å². The fourth-order valence-corrected chi connectivity index (χ4v) is 6.56. The van der Waals surface area contributed by atoms with Crippen molar-refractivity contribution in [1.82, 2.24) is 0 Å². The number of ether oxygens (including phenoxy) is 9. The highest BCUT2D eigenvalue weighted by atomic mass is 31.2. The predicted molar refractivity (Wildman–Crippen MR) is 175 cm³/mol. The van der Waals surface area contributed by atoms with Crippen LogP contribution in [0.2, 0.25) is 0 Å². The SMILES string of the molecule is CC1C(OCOCC(CCOP(C)(=O)O)(COCOC2OC(CO)C(O)C(O)C2C)COCOC2OC(CO)C(O)C(O)C2C)OC(CO)C(O)C1O. The second-order valence-electron chi connectivity index (χ2n) is 14.0. The van der Waals surface area contributed by atoms with Gasteiger partial charge in [0.05, 0.1) is 64.6 Å². The molecule has 0 amide bonds. The van der Waals surface area contributed by atoms with Gasteiger partial charge in [0.1, 0.15) is 57.0 Å². The minimum atomic E-state index is -3.92. The van der Waals surface area contributed by atoms with Gasteiger partial charge in [-0.3, -0.25) is 4.57 Å². The quantitative estimate of drug-likeness (QED) is 0.0287. The molecule has 3 rings (SSSR count). The molecule has 0 radical (unpaired) electrons. The number of hydrogen-bond acceptors (Lipinski definition) is 20. The number of aliphatic hydroxyl groups excluding tert-OH is 9. The highest BCUT2D eigenvalue weighted by molar-refractivity contribution is 7.51. The Labute approximate surface area is 307 Å². The third-order valence-electron chi connectivity index (χ3n) is 9.70. The molecule has 0 aromatic heterocycles. The topological polar surface area (TPSA) is 312 Å². The second-order valence-corrected chi connectivity index (χ2v) is 15.8. The van der Waals surface area contributed by atoms with E-state index in [-0.39, 0.29) is 32.8 Å². The molecular weight excluding hydrogens is 739 g/mol. The molecule has 16 atom stereocenters. The molecule has 0 aromatic carbocycles. The van der Waals surface area contributed by atoms with Gasteiger partial charge in [-0.15, -0.1) is 0 Å². The van der Waals surface area contributed by atoms with Crippen LogP contribution in [-0.2, 0) is 51.7 Å². The van der Waals surface area contributed by atoms with Gasteiger partial charge in [0, 0.05) is 29.8 Å².